The molecule has 1 saturated heterocycles. The van der Waals surface area contributed by atoms with Crippen molar-refractivity contribution in [3.05, 3.63) is 66.1 Å². The lowest BCUT2D eigenvalue weighted by Crippen LogP contribution is -2.32. The van der Waals surface area contributed by atoms with Crippen molar-refractivity contribution in [3.63, 3.8) is 0 Å². The normalized spacial score (nSPS) is 17.4. The van der Waals surface area contributed by atoms with E-state index in [1.165, 1.54) is 0 Å². The Balaban J connectivity index is 1.42. The molecule has 1 amide bonds. The van der Waals surface area contributed by atoms with Crippen LogP contribution in [-0.2, 0) is 11.2 Å². The predicted molar refractivity (Wildman–Crippen MR) is 102 cm³/mol. The van der Waals surface area contributed by atoms with Crippen LogP contribution < -0.4 is 0 Å². The van der Waals surface area contributed by atoms with Gasteiger partial charge in [0.15, 0.2) is 0 Å². The number of rotatable bonds is 3. The number of amides is 1. The molecule has 26 heavy (non-hydrogen) atoms. The van der Waals surface area contributed by atoms with Gasteiger partial charge in [0.2, 0.25) is 5.91 Å². The second-order valence-corrected chi connectivity index (χ2v) is 6.92. The van der Waals surface area contributed by atoms with Crippen molar-refractivity contribution >= 4 is 27.8 Å². The highest BCUT2D eigenvalue weighted by Crippen LogP contribution is 2.32. The number of nitrogens with one attached hydrogen (secondary N) is 2. The van der Waals surface area contributed by atoms with E-state index in [-0.39, 0.29) is 11.9 Å². The fourth-order valence-electron chi connectivity index (χ4n) is 4.02. The maximum absolute atomic E-state index is 13.0. The van der Waals surface area contributed by atoms with Crippen molar-refractivity contribution in [2.75, 3.05) is 6.54 Å². The van der Waals surface area contributed by atoms with Crippen LogP contribution in [0.1, 0.15) is 30.3 Å². The number of aromatic nitrogens is 3. The minimum Gasteiger partial charge on any atom is -0.361 e. The number of aromatic amines is 2. The molecule has 2 aromatic carbocycles. The molecule has 130 valence electrons. The molecule has 0 saturated carbocycles. The zero-order valence-corrected chi connectivity index (χ0v) is 14.4. The summed E-state index contributed by atoms with van der Waals surface area (Å²) in [4.78, 5) is 26.4. The number of carbonyl (C=O) groups is 1. The van der Waals surface area contributed by atoms with Crippen LogP contribution >= 0.6 is 0 Å². The van der Waals surface area contributed by atoms with E-state index in [1.807, 2.05) is 53.6 Å². The van der Waals surface area contributed by atoms with E-state index in [2.05, 4.69) is 16.0 Å². The standard InChI is InChI=1S/C21H20N4O/c26-20(12-14-13-22-16-7-2-1-6-15(14)16)25-11-5-10-19(25)21-23-17-8-3-4-9-18(17)24-21/h1-4,6-9,13,19,22H,5,10-12H2,(H,23,24)/t19-/m1/s1. The molecule has 3 heterocycles. The molecule has 4 aromatic rings. The maximum atomic E-state index is 13.0. The van der Waals surface area contributed by atoms with Gasteiger partial charge in [-0.1, -0.05) is 30.3 Å². The Morgan fingerprint density at radius 2 is 1.92 bits per heavy atom. The quantitative estimate of drug-likeness (QED) is 0.591. The van der Waals surface area contributed by atoms with Gasteiger partial charge in [-0.15, -0.1) is 0 Å². The topological polar surface area (TPSA) is 64.8 Å². The van der Waals surface area contributed by atoms with Gasteiger partial charge in [-0.3, -0.25) is 4.79 Å². The molecule has 5 nitrogen and oxygen atoms in total. The van der Waals surface area contributed by atoms with Crippen LogP contribution in [0.15, 0.2) is 54.7 Å². The molecule has 0 aliphatic carbocycles. The predicted octanol–water partition coefficient (Wildman–Crippen LogP) is 3.95. The van der Waals surface area contributed by atoms with Gasteiger partial charge in [-0.2, -0.15) is 0 Å². The first-order valence-electron chi connectivity index (χ1n) is 9.09. The SMILES string of the molecule is O=C(Cc1c[nH]c2ccccc12)N1CCC[C@@H]1c1nc2ccccc2[nH]1. The molecule has 2 N–H and O–H groups in total. The Morgan fingerprint density at radius 3 is 2.81 bits per heavy atom. The smallest absolute Gasteiger partial charge is 0.227 e. The van der Waals surface area contributed by atoms with Gasteiger partial charge < -0.3 is 14.9 Å². The first-order valence-corrected chi connectivity index (χ1v) is 9.09. The molecule has 1 fully saturated rings. The second-order valence-electron chi connectivity index (χ2n) is 6.92. The Bertz CT molecular complexity index is 1060. The summed E-state index contributed by atoms with van der Waals surface area (Å²) in [5, 5.41) is 1.13. The highest BCUT2D eigenvalue weighted by atomic mass is 16.2. The average Bonchev–Trinajstić information content (AvgIpc) is 3.39. The zero-order chi connectivity index (χ0) is 17.5. The largest absolute Gasteiger partial charge is 0.361 e. The number of nitrogens with zero attached hydrogens (tertiary/aromatic N) is 2. The summed E-state index contributed by atoms with van der Waals surface area (Å²) in [5.41, 5.74) is 4.11. The number of para-hydroxylation sites is 3. The molecule has 2 aromatic heterocycles. The highest BCUT2D eigenvalue weighted by Gasteiger charge is 2.32. The molecule has 1 atom stereocenters. The number of benzene rings is 2. The van der Waals surface area contributed by atoms with Crippen LogP contribution in [0, 0.1) is 0 Å². The molecule has 0 radical (unpaired) electrons. The first-order chi connectivity index (χ1) is 12.8. The minimum absolute atomic E-state index is 0.0418. The number of carbonyl (C=O) groups excluding carboxylic acids is 1. The van der Waals surface area contributed by atoms with Gasteiger partial charge in [0.05, 0.1) is 23.5 Å². The summed E-state index contributed by atoms with van der Waals surface area (Å²) in [6, 6.07) is 16.2. The van der Waals surface area contributed by atoms with Crippen LogP contribution in [0.25, 0.3) is 21.9 Å². The van der Waals surface area contributed by atoms with E-state index in [0.29, 0.717) is 6.42 Å². The Hall–Kier alpha value is -3.08. The Morgan fingerprint density at radius 1 is 1.12 bits per heavy atom. The maximum Gasteiger partial charge on any atom is 0.227 e. The van der Waals surface area contributed by atoms with Gasteiger partial charge in [-0.25, -0.2) is 4.98 Å². The van der Waals surface area contributed by atoms with Crippen molar-refractivity contribution < 1.29 is 4.79 Å². The molecule has 1 aliphatic rings. The lowest BCUT2D eigenvalue weighted by molar-refractivity contribution is -0.131. The number of fused-ring (bicyclic) bond motifs is 2. The monoisotopic (exact) mass is 344 g/mol. The van der Waals surface area contributed by atoms with Crippen LogP contribution in [0.3, 0.4) is 0 Å². The molecule has 5 heteroatoms. The van der Waals surface area contributed by atoms with Crippen LogP contribution in [0.4, 0.5) is 0 Å². The fourth-order valence-corrected chi connectivity index (χ4v) is 4.02. The van der Waals surface area contributed by atoms with Crippen molar-refractivity contribution in [3.8, 4) is 0 Å². The molecular formula is C21H20N4O. The van der Waals surface area contributed by atoms with Gasteiger partial charge in [0.1, 0.15) is 5.82 Å². The highest BCUT2D eigenvalue weighted by molar-refractivity contribution is 5.89. The van der Waals surface area contributed by atoms with E-state index in [9.17, 15) is 4.79 Å². The molecule has 0 bridgehead atoms. The first kappa shape index (κ1) is 15.2. The number of likely N-dealkylation sites (tertiary alicyclic amines) is 1. The van der Waals surface area contributed by atoms with Gasteiger partial charge in [0, 0.05) is 23.6 Å². The van der Waals surface area contributed by atoms with Crippen LogP contribution in [-0.4, -0.2) is 32.3 Å². The zero-order valence-electron chi connectivity index (χ0n) is 14.4. The Labute approximate surface area is 151 Å². The van der Waals surface area contributed by atoms with Crippen LogP contribution in [0.2, 0.25) is 0 Å². The molecule has 5 rings (SSSR count). The van der Waals surface area contributed by atoms with Crippen LogP contribution in [0.5, 0.6) is 0 Å². The molecule has 0 unspecified atom stereocenters. The summed E-state index contributed by atoms with van der Waals surface area (Å²) in [6.45, 7) is 0.795. The van der Waals surface area contributed by atoms with Gasteiger partial charge in [0.25, 0.3) is 0 Å². The van der Waals surface area contributed by atoms with Gasteiger partial charge in [-0.05, 0) is 36.6 Å². The summed E-state index contributed by atoms with van der Waals surface area (Å²) in [7, 11) is 0. The number of hydrogen-bond donors (Lipinski definition) is 2. The van der Waals surface area contributed by atoms with Gasteiger partial charge >= 0.3 is 0 Å². The van der Waals surface area contributed by atoms with Crippen molar-refractivity contribution in [2.24, 2.45) is 0 Å². The third-order valence-corrected chi connectivity index (χ3v) is 5.31. The van der Waals surface area contributed by atoms with E-state index in [4.69, 9.17) is 4.98 Å². The summed E-state index contributed by atoms with van der Waals surface area (Å²) >= 11 is 0. The second kappa shape index (κ2) is 6.02. The lowest BCUT2D eigenvalue weighted by Gasteiger charge is -2.23. The third kappa shape index (κ3) is 2.47. The minimum atomic E-state index is 0.0418. The molecular weight excluding hydrogens is 324 g/mol. The molecule has 0 spiro atoms. The summed E-state index contributed by atoms with van der Waals surface area (Å²) < 4.78 is 0. The third-order valence-electron chi connectivity index (χ3n) is 5.31. The van der Waals surface area contributed by atoms with Crippen molar-refractivity contribution in [1.82, 2.24) is 19.9 Å². The Kier molecular flexibility index (Phi) is 3.52. The fraction of sp³-hybridized carbons (Fsp3) is 0.238. The number of H-pyrrole nitrogens is 2. The van der Waals surface area contributed by atoms with E-state index >= 15 is 0 Å². The van der Waals surface area contributed by atoms with E-state index in [0.717, 1.165) is 52.7 Å². The average molecular weight is 344 g/mol. The van der Waals surface area contributed by atoms with Crippen molar-refractivity contribution in [2.45, 2.75) is 25.3 Å². The number of hydrogen-bond acceptors (Lipinski definition) is 2. The summed E-state index contributed by atoms with van der Waals surface area (Å²) in [6.07, 6.45) is 4.34. The molecule has 1 aliphatic heterocycles. The lowest BCUT2D eigenvalue weighted by atomic mass is 10.1. The number of imidazole rings is 1. The van der Waals surface area contributed by atoms with E-state index < -0.39 is 0 Å². The van der Waals surface area contributed by atoms with Crippen molar-refractivity contribution in [1.29, 1.82) is 0 Å². The summed E-state index contributed by atoms with van der Waals surface area (Å²) in [5.74, 6) is 1.06. The van der Waals surface area contributed by atoms with E-state index in [1.54, 1.807) is 0 Å².